The number of carbonyl (C=O) groups excluding carboxylic acids is 2. The van der Waals surface area contributed by atoms with E-state index in [-0.39, 0.29) is 5.56 Å². The summed E-state index contributed by atoms with van der Waals surface area (Å²) in [6, 6.07) is 11.5. The Hall–Kier alpha value is -2.80. The predicted octanol–water partition coefficient (Wildman–Crippen LogP) is 3.57. The number of anilines is 1. The van der Waals surface area contributed by atoms with E-state index in [4.69, 9.17) is 9.47 Å². The van der Waals surface area contributed by atoms with Gasteiger partial charge >= 0.3 is 0 Å². The SMILES string of the molecule is COc1ccc(OC)c(C(O)=CC(=O)C(=O)Nc2ccc(Br)cc2)c1. The lowest BCUT2D eigenvalue weighted by Crippen LogP contribution is -2.21. The fourth-order valence-corrected chi connectivity index (χ4v) is 2.27. The molecule has 25 heavy (non-hydrogen) atoms. The molecule has 0 atom stereocenters. The van der Waals surface area contributed by atoms with E-state index >= 15 is 0 Å². The highest BCUT2D eigenvalue weighted by molar-refractivity contribution is 9.10. The van der Waals surface area contributed by atoms with Crippen LogP contribution in [0, 0.1) is 0 Å². The van der Waals surface area contributed by atoms with Crippen molar-refractivity contribution < 1.29 is 24.2 Å². The Morgan fingerprint density at radius 3 is 2.36 bits per heavy atom. The Morgan fingerprint density at radius 1 is 1.08 bits per heavy atom. The minimum Gasteiger partial charge on any atom is -0.507 e. The molecule has 1 amide bonds. The van der Waals surface area contributed by atoms with Gasteiger partial charge in [0.25, 0.3) is 5.91 Å². The third-order valence-electron chi connectivity index (χ3n) is 3.28. The fourth-order valence-electron chi connectivity index (χ4n) is 2.01. The van der Waals surface area contributed by atoms with E-state index in [1.54, 1.807) is 36.4 Å². The standard InChI is InChI=1S/C18H16BrNO5/c1-24-13-7-8-17(25-2)14(9-13)15(21)10-16(22)18(23)20-12-5-3-11(19)4-6-12/h3-10,21H,1-2H3,(H,20,23). The lowest BCUT2D eigenvalue weighted by molar-refractivity contribution is -0.131. The van der Waals surface area contributed by atoms with Crippen molar-refractivity contribution in [3.8, 4) is 11.5 Å². The fraction of sp³-hybridized carbons (Fsp3) is 0.111. The third kappa shape index (κ3) is 4.84. The molecule has 0 aliphatic carbocycles. The molecule has 0 saturated heterocycles. The van der Waals surface area contributed by atoms with E-state index in [0.717, 1.165) is 10.5 Å². The second-order valence-corrected chi connectivity index (χ2v) is 5.84. The minimum absolute atomic E-state index is 0.242. The number of halogens is 1. The maximum atomic E-state index is 12.0. The number of aliphatic hydroxyl groups is 1. The van der Waals surface area contributed by atoms with Gasteiger partial charge in [0, 0.05) is 16.2 Å². The molecule has 0 aliphatic heterocycles. The molecule has 2 N–H and O–H groups in total. The number of nitrogens with one attached hydrogen (secondary N) is 1. The maximum absolute atomic E-state index is 12.0. The molecule has 2 rings (SSSR count). The first-order chi connectivity index (χ1) is 11.9. The molecule has 0 fully saturated rings. The second kappa shape index (κ2) is 8.34. The highest BCUT2D eigenvalue weighted by Gasteiger charge is 2.16. The lowest BCUT2D eigenvalue weighted by Gasteiger charge is -2.09. The van der Waals surface area contributed by atoms with Crippen LogP contribution in [0.25, 0.3) is 5.76 Å². The topological polar surface area (TPSA) is 84.9 Å². The molecule has 0 radical (unpaired) electrons. The van der Waals surface area contributed by atoms with Crippen LogP contribution in [0.3, 0.4) is 0 Å². The number of aliphatic hydroxyl groups excluding tert-OH is 1. The first-order valence-corrected chi connectivity index (χ1v) is 7.98. The van der Waals surface area contributed by atoms with E-state index in [2.05, 4.69) is 21.2 Å². The van der Waals surface area contributed by atoms with Crippen molar-refractivity contribution in [3.63, 3.8) is 0 Å². The van der Waals surface area contributed by atoms with Crippen LogP contribution < -0.4 is 14.8 Å². The Kier molecular flexibility index (Phi) is 6.19. The number of hydrogen-bond donors (Lipinski definition) is 2. The molecule has 0 bridgehead atoms. The number of benzene rings is 2. The molecule has 0 heterocycles. The van der Waals surface area contributed by atoms with Gasteiger partial charge in [-0.1, -0.05) is 15.9 Å². The minimum atomic E-state index is -0.898. The normalized spacial score (nSPS) is 10.9. The van der Waals surface area contributed by atoms with E-state index in [1.807, 2.05) is 0 Å². The van der Waals surface area contributed by atoms with Crippen LogP contribution in [-0.2, 0) is 9.59 Å². The number of hydrogen-bond acceptors (Lipinski definition) is 5. The van der Waals surface area contributed by atoms with Crippen LogP contribution >= 0.6 is 15.9 Å². The predicted molar refractivity (Wildman–Crippen MR) is 97.9 cm³/mol. The highest BCUT2D eigenvalue weighted by atomic mass is 79.9. The van der Waals surface area contributed by atoms with Crippen molar-refractivity contribution in [1.29, 1.82) is 0 Å². The largest absolute Gasteiger partial charge is 0.507 e. The molecule has 0 aromatic heterocycles. The van der Waals surface area contributed by atoms with Crippen LogP contribution in [0.15, 0.2) is 53.0 Å². The van der Waals surface area contributed by atoms with E-state index in [9.17, 15) is 14.7 Å². The van der Waals surface area contributed by atoms with Gasteiger partial charge in [0.2, 0.25) is 5.78 Å². The zero-order chi connectivity index (χ0) is 18.4. The second-order valence-electron chi connectivity index (χ2n) is 4.92. The summed E-state index contributed by atoms with van der Waals surface area (Å²) < 4.78 is 11.1. The van der Waals surface area contributed by atoms with Crippen LogP contribution in [0.2, 0.25) is 0 Å². The van der Waals surface area contributed by atoms with Crippen molar-refractivity contribution in [2.24, 2.45) is 0 Å². The number of carbonyl (C=O) groups is 2. The van der Waals surface area contributed by atoms with E-state index in [0.29, 0.717) is 17.2 Å². The van der Waals surface area contributed by atoms with Gasteiger partial charge in [0.15, 0.2) is 0 Å². The summed E-state index contributed by atoms with van der Waals surface area (Å²) in [5.74, 6) is -1.34. The molecule has 0 unspecified atom stereocenters. The number of amides is 1. The summed E-state index contributed by atoms with van der Waals surface area (Å²) in [5, 5.41) is 12.6. The molecule has 7 heteroatoms. The first-order valence-electron chi connectivity index (χ1n) is 7.18. The summed E-state index contributed by atoms with van der Waals surface area (Å²) >= 11 is 3.28. The molecule has 0 spiro atoms. The van der Waals surface area contributed by atoms with Crippen LogP contribution in [-0.4, -0.2) is 31.0 Å². The van der Waals surface area contributed by atoms with E-state index < -0.39 is 17.4 Å². The first kappa shape index (κ1) is 18.5. The Bertz CT molecular complexity index is 815. The molecular formula is C18H16BrNO5. The average Bonchev–Trinajstić information content (AvgIpc) is 2.62. The number of ketones is 1. The molecule has 2 aromatic carbocycles. The van der Waals surface area contributed by atoms with Gasteiger partial charge in [-0.05, 0) is 42.5 Å². The van der Waals surface area contributed by atoms with Crippen LogP contribution in [0.5, 0.6) is 11.5 Å². The van der Waals surface area contributed by atoms with Crippen LogP contribution in [0.4, 0.5) is 5.69 Å². The van der Waals surface area contributed by atoms with Gasteiger partial charge in [-0.15, -0.1) is 0 Å². The molecular weight excluding hydrogens is 390 g/mol. The van der Waals surface area contributed by atoms with Crippen molar-refractivity contribution in [3.05, 3.63) is 58.6 Å². The van der Waals surface area contributed by atoms with Crippen molar-refractivity contribution in [2.45, 2.75) is 0 Å². The third-order valence-corrected chi connectivity index (χ3v) is 3.80. The number of methoxy groups -OCH3 is 2. The maximum Gasteiger partial charge on any atom is 0.296 e. The summed E-state index contributed by atoms with van der Waals surface area (Å²) in [6.07, 6.45) is 0.839. The number of rotatable bonds is 6. The Morgan fingerprint density at radius 2 is 1.76 bits per heavy atom. The van der Waals surface area contributed by atoms with Crippen molar-refractivity contribution in [2.75, 3.05) is 19.5 Å². The highest BCUT2D eigenvalue weighted by Crippen LogP contribution is 2.28. The van der Waals surface area contributed by atoms with Crippen molar-refractivity contribution in [1.82, 2.24) is 0 Å². The summed E-state index contributed by atoms with van der Waals surface area (Å²) in [7, 11) is 2.91. The van der Waals surface area contributed by atoms with E-state index in [1.165, 1.54) is 20.3 Å². The quantitative estimate of drug-likeness (QED) is 0.435. The van der Waals surface area contributed by atoms with Crippen molar-refractivity contribution >= 4 is 39.1 Å². The van der Waals surface area contributed by atoms with Gasteiger partial charge in [0.1, 0.15) is 17.3 Å². The Labute approximate surface area is 153 Å². The van der Waals surface area contributed by atoms with Gasteiger partial charge < -0.3 is 19.9 Å². The molecule has 130 valence electrons. The molecule has 2 aromatic rings. The monoisotopic (exact) mass is 405 g/mol. The Balaban J connectivity index is 2.19. The lowest BCUT2D eigenvalue weighted by atomic mass is 10.1. The molecule has 6 nitrogen and oxygen atoms in total. The zero-order valence-corrected chi connectivity index (χ0v) is 15.2. The molecule has 0 aliphatic rings. The van der Waals surface area contributed by atoms with Crippen LogP contribution in [0.1, 0.15) is 5.56 Å². The van der Waals surface area contributed by atoms with Gasteiger partial charge in [0.05, 0.1) is 19.8 Å². The smallest absolute Gasteiger partial charge is 0.296 e. The average molecular weight is 406 g/mol. The molecule has 0 saturated carbocycles. The van der Waals surface area contributed by atoms with Gasteiger partial charge in [-0.3, -0.25) is 9.59 Å². The van der Waals surface area contributed by atoms with Gasteiger partial charge in [-0.2, -0.15) is 0 Å². The van der Waals surface area contributed by atoms with Gasteiger partial charge in [-0.25, -0.2) is 0 Å². The number of ether oxygens (including phenoxy) is 2. The summed E-state index contributed by atoms with van der Waals surface area (Å²) in [6.45, 7) is 0. The zero-order valence-electron chi connectivity index (χ0n) is 13.6. The summed E-state index contributed by atoms with van der Waals surface area (Å²) in [5.41, 5.74) is 0.708. The summed E-state index contributed by atoms with van der Waals surface area (Å²) in [4.78, 5) is 24.0.